The molecule has 0 saturated carbocycles. The van der Waals surface area contributed by atoms with Crippen LogP contribution >= 0.6 is 11.8 Å². The fourth-order valence-electron chi connectivity index (χ4n) is 4.91. The minimum Gasteiger partial charge on any atom is -0.497 e. The SMILES string of the molecule is COc1ccc(NS(=O)(=O)c2cccc(-c3nnc(SCC(=O)Nc4c(C)cccc4C)n3C(C)CCCC(C)C)c2)cc1. The number of nitrogens with one attached hydrogen (secondary N) is 2. The number of benzene rings is 3. The quantitative estimate of drug-likeness (QED) is 0.138. The van der Waals surface area contributed by atoms with Gasteiger partial charge in [0.25, 0.3) is 10.0 Å². The number of hydrogen-bond acceptors (Lipinski definition) is 7. The number of hydrogen-bond donors (Lipinski definition) is 2. The highest BCUT2D eigenvalue weighted by molar-refractivity contribution is 7.99. The van der Waals surface area contributed by atoms with Crippen LogP contribution in [0.4, 0.5) is 11.4 Å². The Morgan fingerprint density at radius 3 is 2.30 bits per heavy atom. The van der Waals surface area contributed by atoms with Gasteiger partial charge in [-0.2, -0.15) is 0 Å². The summed E-state index contributed by atoms with van der Waals surface area (Å²) in [6.07, 6.45) is 3.00. The zero-order valence-corrected chi connectivity index (χ0v) is 27.8. The van der Waals surface area contributed by atoms with Crippen molar-refractivity contribution in [3.8, 4) is 17.1 Å². The van der Waals surface area contributed by atoms with Crippen molar-refractivity contribution in [1.29, 1.82) is 0 Å². The van der Waals surface area contributed by atoms with E-state index in [0.29, 0.717) is 33.9 Å². The molecule has 3 aromatic carbocycles. The van der Waals surface area contributed by atoms with Crippen LogP contribution in [0, 0.1) is 19.8 Å². The lowest BCUT2D eigenvalue weighted by atomic mass is 10.0. The number of thioether (sulfide) groups is 1. The molecule has 1 unspecified atom stereocenters. The number of aryl methyl sites for hydroxylation is 2. The lowest BCUT2D eigenvalue weighted by Crippen LogP contribution is -2.17. The summed E-state index contributed by atoms with van der Waals surface area (Å²) in [5.74, 6) is 1.80. The summed E-state index contributed by atoms with van der Waals surface area (Å²) >= 11 is 1.32. The number of amides is 1. The van der Waals surface area contributed by atoms with E-state index in [1.54, 1.807) is 49.6 Å². The molecule has 1 heterocycles. The van der Waals surface area contributed by atoms with Gasteiger partial charge in [-0.3, -0.25) is 14.1 Å². The summed E-state index contributed by atoms with van der Waals surface area (Å²) in [7, 11) is -2.32. The molecule has 11 heteroatoms. The number of methoxy groups -OCH3 is 1. The molecule has 4 rings (SSSR count). The summed E-state index contributed by atoms with van der Waals surface area (Å²) in [5.41, 5.74) is 3.88. The van der Waals surface area contributed by atoms with Crippen LogP contribution in [0.25, 0.3) is 11.4 Å². The van der Waals surface area contributed by atoms with E-state index in [9.17, 15) is 13.2 Å². The smallest absolute Gasteiger partial charge is 0.261 e. The van der Waals surface area contributed by atoms with Crippen LogP contribution in [0.15, 0.2) is 76.8 Å². The minimum atomic E-state index is -3.88. The number of sulfonamides is 1. The van der Waals surface area contributed by atoms with E-state index in [2.05, 4.69) is 41.0 Å². The molecule has 0 aliphatic rings. The first-order chi connectivity index (χ1) is 21.0. The molecule has 0 fully saturated rings. The molecule has 1 aromatic heterocycles. The van der Waals surface area contributed by atoms with Gasteiger partial charge in [0.15, 0.2) is 11.0 Å². The number of carbonyl (C=O) groups is 1. The molecule has 0 bridgehead atoms. The third-order valence-corrected chi connectivity index (χ3v) is 9.65. The summed E-state index contributed by atoms with van der Waals surface area (Å²) in [6, 6.07) is 19.3. The number of nitrogens with zero attached hydrogens (tertiary/aromatic N) is 3. The van der Waals surface area contributed by atoms with Crippen LogP contribution < -0.4 is 14.8 Å². The van der Waals surface area contributed by atoms with E-state index in [0.717, 1.165) is 36.1 Å². The highest BCUT2D eigenvalue weighted by atomic mass is 32.2. The summed E-state index contributed by atoms with van der Waals surface area (Å²) in [6.45, 7) is 10.5. The first kappa shape index (κ1) is 33.1. The fraction of sp³-hybridized carbons (Fsp3) is 0.364. The first-order valence-corrected chi connectivity index (χ1v) is 17.2. The van der Waals surface area contributed by atoms with Gasteiger partial charge in [-0.25, -0.2) is 8.42 Å². The molecule has 0 saturated heterocycles. The van der Waals surface area contributed by atoms with Gasteiger partial charge in [0, 0.05) is 23.0 Å². The standard InChI is InChI=1S/C33H41N5O4S2/c1-22(2)10-7-13-25(5)38-32(35-36-33(38)43-21-30(39)34-31-23(3)11-8-12-24(31)4)26-14-9-15-29(20-26)44(40,41)37-27-16-18-28(42-6)19-17-27/h8-9,11-12,14-20,22,25,37H,7,10,13,21H2,1-6H3,(H,34,39). The number of aromatic nitrogens is 3. The molecule has 1 amide bonds. The molecule has 0 radical (unpaired) electrons. The van der Waals surface area contributed by atoms with E-state index in [-0.39, 0.29) is 22.6 Å². The van der Waals surface area contributed by atoms with Crippen molar-refractivity contribution in [3.63, 3.8) is 0 Å². The maximum absolute atomic E-state index is 13.3. The third kappa shape index (κ3) is 8.41. The Hall–Kier alpha value is -3.83. The Balaban J connectivity index is 1.60. The van der Waals surface area contributed by atoms with E-state index in [1.807, 2.05) is 42.7 Å². The zero-order valence-electron chi connectivity index (χ0n) is 26.1. The van der Waals surface area contributed by atoms with Gasteiger partial charge >= 0.3 is 0 Å². The lowest BCUT2D eigenvalue weighted by molar-refractivity contribution is -0.113. The predicted molar refractivity (Wildman–Crippen MR) is 178 cm³/mol. The van der Waals surface area contributed by atoms with Crippen molar-refractivity contribution in [2.24, 2.45) is 5.92 Å². The fourth-order valence-corrected chi connectivity index (χ4v) is 6.85. The Bertz CT molecular complexity index is 1660. The van der Waals surface area contributed by atoms with Crippen molar-refractivity contribution in [3.05, 3.63) is 77.9 Å². The van der Waals surface area contributed by atoms with Gasteiger partial charge in [-0.05, 0) is 80.6 Å². The van der Waals surface area contributed by atoms with Crippen molar-refractivity contribution >= 4 is 39.1 Å². The summed E-state index contributed by atoms with van der Waals surface area (Å²) in [5, 5.41) is 12.6. The van der Waals surface area contributed by atoms with Gasteiger partial charge in [0.1, 0.15) is 5.75 Å². The molecule has 9 nitrogen and oxygen atoms in total. The van der Waals surface area contributed by atoms with Crippen LogP contribution in [0.5, 0.6) is 5.75 Å². The summed E-state index contributed by atoms with van der Waals surface area (Å²) in [4.78, 5) is 13.1. The van der Waals surface area contributed by atoms with Crippen LogP contribution in [0.1, 0.15) is 57.2 Å². The molecule has 2 N–H and O–H groups in total. The number of anilines is 2. The summed E-state index contributed by atoms with van der Waals surface area (Å²) < 4.78 is 36.4. The second-order valence-electron chi connectivity index (χ2n) is 11.3. The Morgan fingerprint density at radius 1 is 0.955 bits per heavy atom. The number of rotatable bonds is 14. The molecule has 0 aliphatic carbocycles. The largest absolute Gasteiger partial charge is 0.497 e. The predicted octanol–water partition coefficient (Wildman–Crippen LogP) is 7.49. The lowest BCUT2D eigenvalue weighted by Gasteiger charge is -2.19. The molecular formula is C33H41N5O4S2. The maximum Gasteiger partial charge on any atom is 0.261 e. The normalized spacial score (nSPS) is 12.2. The minimum absolute atomic E-state index is 0.0283. The second kappa shape index (κ2) is 14.8. The molecule has 4 aromatic rings. The Kier molecular flexibility index (Phi) is 11.1. The topological polar surface area (TPSA) is 115 Å². The maximum atomic E-state index is 13.3. The second-order valence-corrected chi connectivity index (χ2v) is 13.9. The van der Waals surface area contributed by atoms with Crippen LogP contribution in [-0.2, 0) is 14.8 Å². The molecule has 1 atom stereocenters. The molecule has 44 heavy (non-hydrogen) atoms. The molecule has 0 spiro atoms. The van der Waals surface area contributed by atoms with Crippen molar-refractivity contribution in [2.75, 3.05) is 22.9 Å². The van der Waals surface area contributed by atoms with Crippen molar-refractivity contribution in [2.45, 2.75) is 70.0 Å². The number of carbonyl (C=O) groups excluding carboxylic acids is 1. The van der Waals surface area contributed by atoms with Gasteiger partial charge in [-0.1, -0.05) is 68.8 Å². The Morgan fingerprint density at radius 2 is 1.64 bits per heavy atom. The monoisotopic (exact) mass is 635 g/mol. The van der Waals surface area contributed by atoms with Crippen molar-refractivity contribution < 1.29 is 17.9 Å². The Labute approximate surface area is 264 Å². The van der Waals surface area contributed by atoms with Crippen LogP contribution in [0.2, 0.25) is 0 Å². The average Bonchev–Trinajstić information content (AvgIpc) is 3.42. The average molecular weight is 636 g/mol. The zero-order chi connectivity index (χ0) is 31.9. The van der Waals surface area contributed by atoms with Crippen LogP contribution in [0.3, 0.4) is 0 Å². The van der Waals surface area contributed by atoms with E-state index in [1.165, 1.54) is 11.8 Å². The van der Waals surface area contributed by atoms with E-state index in [4.69, 9.17) is 4.74 Å². The number of ether oxygens (including phenoxy) is 1. The van der Waals surface area contributed by atoms with Crippen molar-refractivity contribution in [1.82, 2.24) is 14.8 Å². The molecule has 0 aliphatic heterocycles. The number of para-hydroxylation sites is 1. The third-order valence-electron chi connectivity index (χ3n) is 7.33. The molecule has 234 valence electrons. The first-order valence-electron chi connectivity index (χ1n) is 14.7. The highest BCUT2D eigenvalue weighted by Crippen LogP contribution is 2.32. The van der Waals surface area contributed by atoms with Gasteiger partial charge in [0.2, 0.25) is 5.91 Å². The van der Waals surface area contributed by atoms with Gasteiger partial charge in [-0.15, -0.1) is 10.2 Å². The van der Waals surface area contributed by atoms with Gasteiger partial charge < -0.3 is 10.1 Å². The van der Waals surface area contributed by atoms with E-state index >= 15 is 0 Å². The highest BCUT2D eigenvalue weighted by Gasteiger charge is 2.22. The van der Waals surface area contributed by atoms with E-state index < -0.39 is 10.0 Å². The van der Waals surface area contributed by atoms with Gasteiger partial charge in [0.05, 0.1) is 17.8 Å². The molecular weight excluding hydrogens is 595 g/mol. The van der Waals surface area contributed by atoms with Crippen LogP contribution in [-0.4, -0.2) is 42.0 Å².